The molecule has 0 bridgehead atoms. The summed E-state index contributed by atoms with van der Waals surface area (Å²) >= 11 is 0. The molecule has 0 spiro atoms. The second kappa shape index (κ2) is 9.61. The number of nitrogens with zero attached hydrogens (tertiary/aromatic N) is 4. The van der Waals surface area contributed by atoms with Crippen LogP contribution in [0.5, 0.6) is 0 Å². The Hall–Kier alpha value is -3.41. The summed E-state index contributed by atoms with van der Waals surface area (Å²) in [5.41, 5.74) is 3.35. The van der Waals surface area contributed by atoms with E-state index in [1.807, 2.05) is 35.4 Å². The maximum atomic E-state index is 13.4. The Morgan fingerprint density at radius 3 is 2.55 bits per heavy atom. The minimum Gasteiger partial charge on any atom is -0.348 e. The predicted molar refractivity (Wildman–Crippen MR) is 130 cm³/mol. The number of carbonyl (C=O) groups is 2. The lowest BCUT2D eigenvalue weighted by atomic mass is 9.79. The summed E-state index contributed by atoms with van der Waals surface area (Å²) in [6.45, 7) is 3.85. The van der Waals surface area contributed by atoms with Crippen LogP contribution in [-0.4, -0.2) is 58.6 Å². The van der Waals surface area contributed by atoms with E-state index in [1.165, 1.54) is 0 Å². The molecule has 6 nitrogen and oxygen atoms in total. The zero-order valence-corrected chi connectivity index (χ0v) is 19.7. The number of likely N-dealkylation sites (tertiary alicyclic amines) is 1. The smallest absolute Gasteiger partial charge is 0.257 e. The zero-order chi connectivity index (χ0) is 23.4. The van der Waals surface area contributed by atoms with Crippen molar-refractivity contribution in [2.75, 3.05) is 27.2 Å². The van der Waals surface area contributed by atoms with Crippen LogP contribution >= 0.6 is 0 Å². The van der Waals surface area contributed by atoms with Crippen molar-refractivity contribution in [1.82, 2.24) is 19.6 Å². The van der Waals surface area contributed by atoms with Gasteiger partial charge < -0.3 is 9.80 Å². The van der Waals surface area contributed by atoms with E-state index in [9.17, 15) is 9.59 Å². The average Bonchev–Trinajstić information content (AvgIpc) is 3.47. The molecule has 1 fully saturated rings. The van der Waals surface area contributed by atoms with Crippen LogP contribution in [0.2, 0.25) is 0 Å². The number of hydrogen-bond acceptors (Lipinski definition) is 3. The summed E-state index contributed by atoms with van der Waals surface area (Å²) in [4.78, 5) is 30.1. The second-order valence-corrected chi connectivity index (χ2v) is 9.19. The summed E-state index contributed by atoms with van der Waals surface area (Å²) < 4.78 is 1.80. The molecule has 0 aliphatic carbocycles. The summed E-state index contributed by atoms with van der Waals surface area (Å²) in [5.74, 6) is 0.0217. The number of hydrogen-bond donors (Lipinski definition) is 0. The molecule has 33 heavy (non-hydrogen) atoms. The first-order valence-corrected chi connectivity index (χ1v) is 11.6. The molecule has 2 heterocycles. The Bertz CT molecular complexity index is 1120. The van der Waals surface area contributed by atoms with E-state index >= 15 is 0 Å². The molecule has 172 valence electrons. The minimum absolute atomic E-state index is 0.0520. The lowest BCUT2D eigenvalue weighted by Crippen LogP contribution is -2.44. The number of aryl methyl sites for hydroxylation is 1. The monoisotopic (exact) mass is 444 g/mol. The van der Waals surface area contributed by atoms with Gasteiger partial charge >= 0.3 is 0 Å². The third-order valence-electron chi connectivity index (χ3n) is 6.41. The average molecular weight is 445 g/mol. The second-order valence-electron chi connectivity index (χ2n) is 9.19. The molecule has 1 saturated heterocycles. The van der Waals surface area contributed by atoms with Gasteiger partial charge in [-0.05, 0) is 36.0 Å². The van der Waals surface area contributed by atoms with Crippen molar-refractivity contribution in [3.8, 4) is 11.1 Å². The van der Waals surface area contributed by atoms with Gasteiger partial charge in [0, 0.05) is 39.9 Å². The Morgan fingerprint density at radius 1 is 1.06 bits per heavy atom. The topological polar surface area (TPSA) is 58.4 Å². The first-order chi connectivity index (χ1) is 15.9. The van der Waals surface area contributed by atoms with Gasteiger partial charge in [0.2, 0.25) is 5.91 Å². The van der Waals surface area contributed by atoms with E-state index in [2.05, 4.69) is 42.4 Å². The third-order valence-corrected chi connectivity index (χ3v) is 6.41. The highest BCUT2D eigenvalue weighted by atomic mass is 16.2. The van der Waals surface area contributed by atoms with Crippen molar-refractivity contribution >= 4 is 11.8 Å². The van der Waals surface area contributed by atoms with Gasteiger partial charge in [0.25, 0.3) is 5.91 Å². The lowest BCUT2D eigenvalue weighted by molar-refractivity contribution is -0.138. The van der Waals surface area contributed by atoms with Gasteiger partial charge in [-0.3, -0.25) is 14.3 Å². The predicted octanol–water partition coefficient (Wildman–Crippen LogP) is 4.12. The highest BCUT2D eigenvalue weighted by Crippen LogP contribution is 2.37. The number of benzene rings is 2. The molecule has 0 saturated carbocycles. The van der Waals surface area contributed by atoms with Crippen LogP contribution in [0.15, 0.2) is 67.0 Å². The fourth-order valence-corrected chi connectivity index (χ4v) is 4.80. The van der Waals surface area contributed by atoms with Gasteiger partial charge in [-0.2, -0.15) is 5.10 Å². The standard InChI is InChI=1S/C27H32N4O2/c1-4-14-31-19-24(18-28-31)25(32)30-15-13-27(20-30,26(33)29(2)3)17-21-9-8-12-23(16-21)22-10-6-5-7-11-22/h5-12,16,18-19H,4,13-15,17,20H2,1-3H3. The molecule has 2 aromatic carbocycles. The quantitative estimate of drug-likeness (QED) is 0.551. The van der Waals surface area contributed by atoms with E-state index in [0.29, 0.717) is 31.5 Å². The number of amides is 2. The van der Waals surface area contributed by atoms with Gasteiger partial charge in [0.05, 0.1) is 17.2 Å². The molecule has 0 radical (unpaired) electrons. The van der Waals surface area contributed by atoms with Crippen LogP contribution in [0.1, 0.15) is 35.7 Å². The third kappa shape index (κ3) is 4.85. The minimum atomic E-state index is -0.631. The van der Waals surface area contributed by atoms with Crippen LogP contribution < -0.4 is 0 Å². The highest BCUT2D eigenvalue weighted by Gasteiger charge is 2.47. The molecule has 1 aromatic heterocycles. The first kappa shape index (κ1) is 22.8. The van der Waals surface area contributed by atoms with Crippen LogP contribution in [-0.2, 0) is 17.8 Å². The van der Waals surface area contributed by atoms with Gasteiger partial charge in [0.1, 0.15) is 0 Å². The molecule has 3 aromatic rings. The van der Waals surface area contributed by atoms with Crippen molar-refractivity contribution < 1.29 is 9.59 Å². The maximum Gasteiger partial charge on any atom is 0.257 e. The molecule has 1 aliphatic heterocycles. The Balaban J connectivity index is 1.58. The van der Waals surface area contributed by atoms with Crippen LogP contribution in [0.4, 0.5) is 0 Å². The Morgan fingerprint density at radius 2 is 1.82 bits per heavy atom. The van der Waals surface area contributed by atoms with Crippen LogP contribution in [0.3, 0.4) is 0 Å². The van der Waals surface area contributed by atoms with Crippen molar-refractivity contribution in [1.29, 1.82) is 0 Å². The zero-order valence-electron chi connectivity index (χ0n) is 19.7. The van der Waals surface area contributed by atoms with Crippen LogP contribution in [0, 0.1) is 5.41 Å². The highest BCUT2D eigenvalue weighted by molar-refractivity contribution is 5.95. The van der Waals surface area contributed by atoms with Crippen LogP contribution in [0.25, 0.3) is 11.1 Å². The SMILES string of the molecule is CCCn1cc(C(=O)N2CCC(Cc3cccc(-c4ccccc4)c3)(C(=O)N(C)C)C2)cn1. The van der Waals surface area contributed by atoms with Gasteiger partial charge in [-0.1, -0.05) is 61.5 Å². The molecular weight excluding hydrogens is 412 g/mol. The number of aromatic nitrogens is 2. The van der Waals surface area contributed by atoms with E-state index in [1.54, 1.807) is 29.9 Å². The summed E-state index contributed by atoms with van der Waals surface area (Å²) in [6.07, 6.45) is 5.65. The lowest BCUT2D eigenvalue weighted by Gasteiger charge is -2.31. The number of rotatable bonds is 7. The van der Waals surface area contributed by atoms with Gasteiger partial charge in [-0.15, -0.1) is 0 Å². The van der Waals surface area contributed by atoms with Crippen molar-refractivity contribution in [3.63, 3.8) is 0 Å². The molecule has 6 heteroatoms. The van der Waals surface area contributed by atoms with Gasteiger partial charge in [0.15, 0.2) is 0 Å². The van der Waals surface area contributed by atoms with E-state index < -0.39 is 5.41 Å². The summed E-state index contributed by atoms with van der Waals surface area (Å²) in [5, 5.41) is 4.30. The summed E-state index contributed by atoms with van der Waals surface area (Å²) in [6, 6.07) is 18.6. The molecule has 1 unspecified atom stereocenters. The maximum absolute atomic E-state index is 13.4. The van der Waals surface area contributed by atoms with E-state index in [4.69, 9.17) is 0 Å². The fourth-order valence-electron chi connectivity index (χ4n) is 4.80. The first-order valence-electron chi connectivity index (χ1n) is 11.6. The van der Waals surface area contributed by atoms with Gasteiger partial charge in [-0.25, -0.2) is 0 Å². The van der Waals surface area contributed by atoms with E-state index in [0.717, 1.165) is 29.7 Å². The molecule has 1 atom stereocenters. The molecule has 4 rings (SSSR count). The Labute approximate surface area is 195 Å². The largest absolute Gasteiger partial charge is 0.348 e. The fraction of sp³-hybridized carbons (Fsp3) is 0.370. The van der Waals surface area contributed by atoms with E-state index in [-0.39, 0.29) is 11.8 Å². The molecular formula is C27H32N4O2. The summed E-state index contributed by atoms with van der Waals surface area (Å²) in [7, 11) is 3.59. The Kier molecular flexibility index (Phi) is 6.63. The van der Waals surface area contributed by atoms with Crippen molar-refractivity contribution in [2.24, 2.45) is 5.41 Å². The molecule has 2 amide bonds. The molecule has 1 aliphatic rings. The molecule has 0 N–H and O–H groups in total. The number of carbonyl (C=O) groups excluding carboxylic acids is 2. The normalized spacial score (nSPS) is 17.8. The van der Waals surface area contributed by atoms with Crippen molar-refractivity contribution in [2.45, 2.75) is 32.7 Å². The van der Waals surface area contributed by atoms with Crippen molar-refractivity contribution in [3.05, 3.63) is 78.1 Å².